The predicted octanol–water partition coefficient (Wildman–Crippen LogP) is 4.11. The van der Waals surface area contributed by atoms with E-state index in [9.17, 15) is 27.9 Å². The zero-order chi connectivity index (χ0) is 20.5. The largest absolute Gasteiger partial charge is 0.480 e. The van der Waals surface area contributed by atoms with Crippen molar-refractivity contribution in [1.82, 2.24) is 4.57 Å². The molecular weight excluding hydrogens is 393 g/mol. The van der Waals surface area contributed by atoms with E-state index in [1.807, 2.05) is 19.1 Å². The minimum Gasteiger partial charge on any atom is -0.480 e. The molecule has 1 N–H and O–H groups in total. The van der Waals surface area contributed by atoms with Gasteiger partial charge in [-0.1, -0.05) is 30.4 Å². The number of carboxylic acids is 1. The summed E-state index contributed by atoms with van der Waals surface area (Å²) >= 11 is 1.12. The molecule has 9 heteroatoms. The van der Waals surface area contributed by atoms with E-state index in [4.69, 9.17) is 0 Å². The molecule has 0 spiro atoms. The van der Waals surface area contributed by atoms with E-state index in [2.05, 4.69) is 4.99 Å². The number of aromatic nitrogens is 1. The third-order valence-corrected chi connectivity index (χ3v) is 5.12. The molecule has 146 valence electrons. The lowest BCUT2D eigenvalue weighted by Gasteiger charge is -2.06. The SMILES string of the molecule is CCc1ccc2c(c1)sc(=NC(=O)c1cccc(C(F)(F)F)c1)n2CC(=O)O. The number of nitrogens with zero attached hydrogens (tertiary/aromatic N) is 2. The van der Waals surface area contributed by atoms with E-state index >= 15 is 0 Å². The Kier molecular flexibility index (Phi) is 5.37. The highest BCUT2D eigenvalue weighted by Crippen LogP contribution is 2.29. The fourth-order valence-corrected chi connectivity index (χ4v) is 3.78. The number of fused-ring (bicyclic) bond motifs is 1. The van der Waals surface area contributed by atoms with E-state index in [1.54, 1.807) is 6.07 Å². The third-order valence-electron chi connectivity index (χ3n) is 4.08. The van der Waals surface area contributed by atoms with Crippen LogP contribution in [0.5, 0.6) is 0 Å². The maximum absolute atomic E-state index is 12.9. The molecule has 0 radical (unpaired) electrons. The van der Waals surface area contributed by atoms with E-state index < -0.39 is 30.2 Å². The lowest BCUT2D eigenvalue weighted by atomic mass is 10.1. The van der Waals surface area contributed by atoms with Crippen LogP contribution in [0, 0.1) is 0 Å². The molecule has 28 heavy (non-hydrogen) atoms. The zero-order valence-electron chi connectivity index (χ0n) is 14.7. The van der Waals surface area contributed by atoms with Crippen molar-refractivity contribution in [1.29, 1.82) is 0 Å². The second kappa shape index (κ2) is 7.59. The van der Waals surface area contributed by atoms with Gasteiger partial charge >= 0.3 is 12.1 Å². The number of rotatable bonds is 4. The van der Waals surface area contributed by atoms with Crippen LogP contribution in [0.3, 0.4) is 0 Å². The number of amides is 1. The number of halogens is 3. The molecule has 0 aliphatic rings. The van der Waals surface area contributed by atoms with Gasteiger partial charge in [0.2, 0.25) is 0 Å². The molecular formula is C19H15F3N2O3S. The van der Waals surface area contributed by atoms with Crippen molar-refractivity contribution in [2.75, 3.05) is 0 Å². The monoisotopic (exact) mass is 408 g/mol. The van der Waals surface area contributed by atoms with Crippen molar-refractivity contribution in [3.63, 3.8) is 0 Å². The summed E-state index contributed by atoms with van der Waals surface area (Å²) in [4.78, 5) is 27.7. The average Bonchev–Trinajstić information content (AvgIpc) is 2.96. The number of carboxylic acid groups (broad SMARTS) is 1. The van der Waals surface area contributed by atoms with Gasteiger partial charge < -0.3 is 9.67 Å². The smallest absolute Gasteiger partial charge is 0.416 e. The molecule has 0 fully saturated rings. The normalized spacial score (nSPS) is 12.5. The highest BCUT2D eigenvalue weighted by Gasteiger charge is 2.30. The Morgan fingerprint density at radius 2 is 1.93 bits per heavy atom. The van der Waals surface area contributed by atoms with Crippen molar-refractivity contribution < 1.29 is 27.9 Å². The van der Waals surface area contributed by atoms with Gasteiger partial charge in [0.25, 0.3) is 5.91 Å². The van der Waals surface area contributed by atoms with Crippen LogP contribution in [0.25, 0.3) is 10.2 Å². The second-order valence-corrected chi connectivity index (χ2v) is 7.02. The topological polar surface area (TPSA) is 71.7 Å². The quantitative estimate of drug-likeness (QED) is 0.706. The number of alkyl halides is 3. The molecule has 1 aromatic heterocycles. The molecule has 0 atom stereocenters. The fraction of sp³-hybridized carbons (Fsp3) is 0.211. The molecule has 0 aliphatic heterocycles. The summed E-state index contributed by atoms with van der Waals surface area (Å²) in [5, 5.41) is 9.18. The molecule has 3 rings (SSSR count). The lowest BCUT2D eigenvalue weighted by molar-refractivity contribution is -0.138. The maximum Gasteiger partial charge on any atom is 0.416 e. The first-order valence-electron chi connectivity index (χ1n) is 8.29. The van der Waals surface area contributed by atoms with Gasteiger partial charge in [-0.05, 0) is 42.3 Å². The molecule has 1 amide bonds. The molecule has 0 saturated heterocycles. The Bertz CT molecular complexity index is 1130. The third kappa shape index (κ3) is 4.14. The van der Waals surface area contributed by atoms with Crippen LogP contribution >= 0.6 is 11.3 Å². The van der Waals surface area contributed by atoms with E-state index in [1.165, 1.54) is 10.6 Å². The van der Waals surface area contributed by atoms with Crippen LogP contribution < -0.4 is 4.80 Å². The Balaban J connectivity index is 2.12. The number of hydrogen-bond donors (Lipinski definition) is 1. The van der Waals surface area contributed by atoms with Crippen molar-refractivity contribution in [3.8, 4) is 0 Å². The fourth-order valence-electron chi connectivity index (χ4n) is 2.69. The van der Waals surface area contributed by atoms with Crippen LogP contribution in [0.1, 0.15) is 28.4 Å². The number of hydrogen-bond acceptors (Lipinski definition) is 3. The molecule has 0 unspecified atom stereocenters. The summed E-state index contributed by atoms with van der Waals surface area (Å²) < 4.78 is 40.7. The predicted molar refractivity (Wildman–Crippen MR) is 98.2 cm³/mol. The van der Waals surface area contributed by atoms with Gasteiger partial charge in [-0.2, -0.15) is 18.2 Å². The Morgan fingerprint density at radius 3 is 2.57 bits per heavy atom. The molecule has 2 aromatic carbocycles. The summed E-state index contributed by atoms with van der Waals surface area (Å²) in [6.45, 7) is 1.56. The van der Waals surface area contributed by atoms with Crippen LogP contribution in [0.2, 0.25) is 0 Å². The van der Waals surface area contributed by atoms with Gasteiger partial charge in [-0.25, -0.2) is 0 Å². The summed E-state index contributed by atoms with van der Waals surface area (Å²) in [5.74, 6) is -1.99. The van der Waals surface area contributed by atoms with Gasteiger partial charge in [-0.15, -0.1) is 0 Å². The molecule has 1 heterocycles. The van der Waals surface area contributed by atoms with Crippen LogP contribution in [0.15, 0.2) is 47.5 Å². The van der Waals surface area contributed by atoms with Crippen LogP contribution in [-0.2, 0) is 23.9 Å². The van der Waals surface area contributed by atoms with Crippen molar-refractivity contribution in [3.05, 3.63) is 64.0 Å². The summed E-state index contributed by atoms with van der Waals surface area (Å²) in [6.07, 6.45) is -3.80. The highest BCUT2D eigenvalue weighted by atomic mass is 32.1. The number of aryl methyl sites for hydroxylation is 1. The van der Waals surface area contributed by atoms with Gasteiger partial charge in [0.15, 0.2) is 4.80 Å². The standard InChI is InChI=1S/C19H15F3N2O3S/c1-2-11-6-7-14-15(8-11)28-18(24(14)10-16(25)26)23-17(27)12-4-3-5-13(9-12)19(20,21)22/h3-9H,2,10H2,1H3,(H,25,26). The van der Waals surface area contributed by atoms with Gasteiger partial charge in [0.1, 0.15) is 6.54 Å². The van der Waals surface area contributed by atoms with E-state index in [-0.39, 0.29) is 10.4 Å². The van der Waals surface area contributed by atoms with Crippen LogP contribution in [0.4, 0.5) is 13.2 Å². The van der Waals surface area contributed by atoms with Crippen molar-refractivity contribution in [2.45, 2.75) is 26.1 Å². The minimum absolute atomic E-state index is 0.119. The second-order valence-electron chi connectivity index (χ2n) is 6.02. The van der Waals surface area contributed by atoms with Gasteiger partial charge in [0, 0.05) is 5.56 Å². The van der Waals surface area contributed by atoms with Gasteiger partial charge in [0.05, 0.1) is 15.8 Å². The number of benzene rings is 2. The Morgan fingerprint density at radius 1 is 1.18 bits per heavy atom. The first kappa shape index (κ1) is 19.8. The highest BCUT2D eigenvalue weighted by molar-refractivity contribution is 7.16. The number of thiazole rings is 1. The summed E-state index contributed by atoms with van der Waals surface area (Å²) in [6, 6.07) is 9.46. The van der Waals surface area contributed by atoms with E-state index in [0.717, 1.165) is 46.2 Å². The summed E-state index contributed by atoms with van der Waals surface area (Å²) in [5.41, 5.74) is 0.464. The molecule has 3 aromatic rings. The molecule has 0 bridgehead atoms. The maximum atomic E-state index is 12.9. The Hall–Kier alpha value is -2.94. The number of carbonyl (C=O) groups is 2. The molecule has 0 saturated carbocycles. The van der Waals surface area contributed by atoms with E-state index in [0.29, 0.717) is 5.52 Å². The first-order chi connectivity index (χ1) is 13.2. The number of carbonyl (C=O) groups excluding carboxylic acids is 1. The molecule has 5 nitrogen and oxygen atoms in total. The first-order valence-corrected chi connectivity index (χ1v) is 9.11. The zero-order valence-corrected chi connectivity index (χ0v) is 15.5. The lowest BCUT2D eigenvalue weighted by Crippen LogP contribution is -2.21. The molecule has 0 aliphatic carbocycles. The minimum atomic E-state index is -4.58. The van der Waals surface area contributed by atoms with Crippen molar-refractivity contribution in [2.24, 2.45) is 4.99 Å². The van der Waals surface area contributed by atoms with Crippen molar-refractivity contribution >= 4 is 33.4 Å². The summed E-state index contributed by atoms with van der Waals surface area (Å²) in [7, 11) is 0. The van der Waals surface area contributed by atoms with Crippen LogP contribution in [-0.4, -0.2) is 21.6 Å². The average molecular weight is 408 g/mol. The van der Waals surface area contributed by atoms with Gasteiger partial charge in [-0.3, -0.25) is 9.59 Å². The number of aliphatic carboxylic acids is 1. The Labute approximate surface area is 161 Å².